The number of hydrogen-bond acceptors (Lipinski definition) is 3. The minimum atomic E-state index is -1.58. The van der Waals surface area contributed by atoms with Gasteiger partial charge in [0.05, 0.1) is 5.92 Å². The summed E-state index contributed by atoms with van der Waals surface area (Å²) in [6, 6.07) is 25.5. The third-order valence-electron chi connectivity index (χ3n) is 6.27. The van der Waals surface area contributed by atoms with Crippen molar-refractivity contribution < 1.29 is 19.8 Å². The predicted molar refractivity (Wildman–Crippen MR) is 122 cm³/mol. The molecule has 2 atom stereocenters. The highest BCUT2D eigenvalue weighted by atomic mass is 16.4. The summed E-state index contributed by atoms with van der Waals surface area (Å²) in [6.45, 7) is 0.468. The van der Waals surface area contributed by atoms with Crippen molar-refractivity contribution in [2.45, 2.75) is 37.2 Å². The van der Waals surface area contributed by atoms with Gasteiger partial charge < -0.3 is 15.5 Å². The maximum Gasteiger partial charge on any atom is 0.337 e. The monoisotopic (exact) mass is 429 g/mol. The van der Waals surface area contributed by atoms with Crippen LogP contribution in [0.3, 0.4) is 0 Å². The third kappa shape index (κ3) is 4.58. The predicted octanol–water partition coefficient (Wildman–Crippen LogP) is 4.17. The highest BCUT2D eigenvalue weighted by molar-refractivity contribution is 5.85. The fraction of sp³-hybridized carbons (Fsp3) is 0.259. The molecule has 4 rings (SSSR count). The van der Waals surface area contributed by atoms with Gasteiger partial charge in [0.15, 0.2) is 6.10 Å². The number of carbonyl (C=O) groups excluding carboxylic acids is 1. The first-order valence-electron chi connectivity index (χ1n) is 11.0. The zero-order valence-electron chi connectivity index (χ0n) is 17.8. The average Bonchev–Trinajstić information content (AvgIpc) is 2.84. The number of carbonyl (C=O) groups is 2. The molecule has 3 aromatic carbocycles. The number of benzene rings is 3. The van der Waals surface area contributed by atoms with Crippen LogP contribution in [0.2, 0.25) is 0 Å². The Balaban J connectivity index is 1.56. The van der Waals surface area contributed by atoms with Gasteiger partial charge in [-0.3, -0.25) is 4.79 Å². The Bertz CT molecular complexity index is 1040. The molecule has 0 aromatic heterocycles. The van der Waals surface area contributed by atoms with Crippen molar-refractivity contribution in [3.05, 3.63) is 107 Å². The highest BCUT2D eigenvalue weighted by Crippen LogP contribution is 2.36. The fourth-order valence-electron chi connectivity index (χ4n) is 4.66. The van der Waals surface area contributed by atoms with Crippen LogP contribution in [0.4, 0.5) is 0 Å². The first-order chi connectivity index (χ1) is 15.6. The van der Waals surface area contributed by atoms with Crippen LogP contribution in [0.5, 0.6) is 0 Å². The van der Waals surface area contributed by atoms with Crippen LogP contribution >= 0.6 is 0 Å². The number of carboxylic acids is 1. The molecule has 164 valence electrons. The Labute approximate surface area is 187 Å². The van der Waals surface area contributed by atoms with E-state index in [0.717, 1.165) is 28.7 Å². The molecule has 3 N–H and O–H groups in total. The lowest BCUT2D eigenvalue weighted by molar-refractivity contribution is -0.147. The number of aliphatic hydroxyl groups is 1. The van der Waals surface area contributed by atoms with Crippen molar-refractivity contribution in [2.75, 3.05) is 6.54 Å². The maximum atomic E-state index is 13.3. The molecule has 1 aliphatic carbocycles. The summed E-state index contributed by atoms with van der Waals surface area (Å²) in [4.78, 5) is 24.6. The van der Waals surface area contributed by atoms with Crippen molar-refractivity contribution in [1.29, 1.82) is 0 Å². The number of aliphatic hydroxyl groups excluding tert-OH is 1. The van der Waals surface area contributed by atoms with Gasteiger partial charge in [0.2, 0.25) is 5.91 Å². The van der Waals surface area contributed by atoms with Crippen molar-refractivity contribution in [1.82, 2.24) is 5.32 Å². The van der Waals surface area contributed by atoms with Gasteiger partial charge in [0.25, 0.3) is 0 Å². The molecule has 0 radical (unpaired) electrons. The second-order valence-corrected chi connectivity index (χ2v) is 8.22. The molecule has 0 bridgehead atoms. The van der Waals surface area contributed by atoms with Gasteiger partial charge in [-0.25, -0.2) is 4.79 Å². The molecule has 0 spiro atoms. The summed E-state index contributed by atoms with van der Waals surface area (Å²) >= 11 is 0. The standard InChI is InChI=1S/C27H27NO4/c29-25(27(31)32)22-15-7-14-21-20(22)13-8-16-23(21)26(30)28-17-24(18-9-3-1-4-10-18)19-11-5-2-6-12-19/h1-7,9-12,14-15,23-25,29H,8,13,16-17H2,(H,28,30)(H,31,32). The van der Waals surface area contributed by atoms with Crippen LogP contribution in [-0.4, -0.2) is 28.6 Å². The number of aliphatic carboxylic acids is 1. The zero-order valence-corrected chi connectivity index (χ0v) is 17.8. The fourth-order valence-corrected chi connectivity index (χ4v) is 4.66. The molecule has 0 aliphatic heterocycles. The third-order valence-corrected chi connectivity index (χ3v) is 6.27. The van der Waals surface area contributed by atoms with Crippen molar-refractivity contribution >= 4 is 11.9 Å². The number of fused-ring (bicyclic) bond motifs is 1. The Kier molecular flexibility index (Phi) is 6.66. The zero-order chi connectivity index (χ0) is 22.5. The molecule has 3 aromatic rings. The number of hydrogen-bond donors (Lipinski definition) is 3. The summed E-state index contributed by atoms with van der Waals surface area (Å²) in [5.41, 5.74) is 4.27. The van der Waals surface area contributed by atoms with E-state index in [1.165, 1.54) is 0 Å². The summed E-state index contributed by atoms with van der Waals surface area (Å²) < 4.78 is 0. The quantitative estimate of drug-likeness (QED) is 0.526. The number of nitrogens with one attached hydrogen (secondary N) is 1. The Morgan fingerprint density at radius 3 is 2.12 bits per heavy atom. The lowest BCUT2D eigenvalue weighted by atomic mass is 9.79. The number of amides is 1. The van der Waals surface area contributed by atoms with Crippen molar-refractivity contribution in [3.8, 4) is 0 Å². The molecule has 0 fully saturated rings. The smallest absolute Gasteiger partial charge is 0.337 e. The topological polar surface area (TPSA) is 86.6 Å². The second kappa shape index (κ2) is 9.79. The molecule has 5 heteroatoms. The minimum absolute atomic E-state index is 0.0320. The van der Waals surface area contributed by atoms with Crippen LogP contribution in [-0.2, 0) is 16.0 Å². The molecule has 0 heterocycles. The number of carboxylic acid groups (broad SMARTS) is 1. The summed E-state index contributed by atoms with van der Waals surface area (Å²) in [7, 11) is 0. The molecule has 5 nitrogen and oxygen atoms in total. The van der Waals surface area contributed by atoms with Gasteiger partial charge in [0.1, 0.15) is 0 Å². The van der Waals surface area contributed by atoms with E-state index >= 15 is 0 Å². The van der Waals surface area contributed by atoms with Crippen LogP contribution in [0.1, 0.15) is 58.6 Å². The van der Waals surface area contributed by atoms with Crippen LogP contribution in [0, 0.1) is 0 Å². The Morgan fingerprint density at radius 1 is 0.906 bits per heavy atom. The lowest BCUT2D eigenvalue weighted by Crippen LogP contribution is -2.35. The average molecular weight is 430 g/mol. The number of rotatable bonds is 7. The highest BCUT2D eigenvalue weighted by Gasteiger charge is 2.31. The van der Waals surface area contributed by atoms with E-state index in [2.05, 4.69) is 29.6 Å². The Morgan fingerprint density at radius 2 is 1.53 bits per heavy atom. The van der Waals surface area contributed by atoms with E-state index < -0.39 is 12.1 Å². The van der Waals surface area contributed by atoms with E-state index in [4.69, 9.17) is 0 Å². The molecule has 32 heavy (non-hydrogen) atoms. The molecule has 1 amide bonds. The van der Waals surface area contributed by atoms with E-state index in [9.17, 15) is 19.8 Å². The normalized spacial score (nSPS) is 16.2. The van der Waals surface area contributed by atoms with E-state index in [1.807, 2.05) is 42.5 Å². The maximum absolute atomic E-state index is 13.3. The molecule has 1 aliphatic rings. The van der Waals surface area contributed by atoms with Gasteiger partial charge in [-0.1, -0.05) is 78.9 Å². The van der Waals surface area contributed by atoms with Crippen LogP contribution < -0.4 is 5.32 Å². The van der Waals surface area contributed by atoms with Crippen molar-refractivity contribution in [3.63, 3.8) is 0 Å². The molecule has 2 unspecified atom stereocenters. The largest absolute Gasteiger partial charge is 0.479 e. The molecule has 0 saturated heterocycles. The SMILES string of the molecule is O=C(O)C(O)c1cccc2c1CCCC2C(=O)NCC(c1ccccc1)c1ccccc1. The molecule has 0 saturated carbocycles. The first-order valence-corrected chi connectivity index (χ1v) is 11.0. The van der Waals surface area contributed by atoms with Gasteiger partial charge >= 0.3 is 5.97 Å². The van der Waals surface area contributed by atoms with E-state index in [1.54, 1.807) is 12.1 Å². The molecular formula is C27H27NO4. The van der Waals surface area contributed by atoms with Crippen LogP contribution in [0.25, 0.3) is 0 Å². The second-order valence-electron chi connectivity index (χ2n) is 8.22. The van der Waals surface area contributed by atoms with Gasteiger partial charge in [-0.2, -0.15) is 0 Å². The summed E-state index contributed by atoms with van der Waals surface area (Å²) in [5.74, 6) is -1.67. The summed E-state index contributed by atoms with van der Waals surface area (Å²) in [6.07, 6.45) is 0.561. The van der Waals surface area contributed by atoms with E-state index in [-0.39, 0.29) is 17.7 Å². The summed E-state index contributed by atoms with van der Waals surface area (Å²) in [5, 5.41) is 22.5. The van der Waals surface area contributed by atoms with E-state index in [0.29, 0.717) is 24.9 Å². The Hall–Kier alpha value is -3.44. The minimum Gasteiger partial charge on any atom is -0.479 e. The molecular weight excluding hydrogens is 402 g/mol. The first kappa shape index (κ1) is 21.8. The van der Waals surface area contributed by atoms with Gasteiger partial charge in [0, 0.05) is 12.5 Å². The van der Waals surface area contributed by atoms with Gasteiger partial charge in [-0.05, 0) is 47.1 Å². The van der Waals surface area contributed by atoms with Crippen LogP contribution in [0.15, 0.2) is 78.9 Å². The van der Waals surface area contributed by atoms with Gasteiger partial charge in [-0.15, -0.1) is 0 Å². The lowest BCUT2D eigenvalue weighted by Gasteiger charge is -2.28. The van der Waals surface area contributed by atoms with Crippen molar-refractivity contribution in [2.24, 2.45) is 0 Å².